The van der Waals surface area contributed by atoms with Crippen molar-refractivity contribution in [2.24, 2.45) is 0 Å². The number of carboxylic acids is 1. The lowest BCUT2D eigenvalue weighted by atomic mass is 10.2. The fourth-order valence-electron chi connectivity index (χ4n) is 1.67. The second-order valence-electron chi connectivity index (χ2n) is 4.39. The first-order valence-electron chi connectivity index (χ1n) is 5.83. The number of aromatic carboxylic acids is 1. The molecule has 0 unspecified atom stereocenters. The minimum atomic E-state index is -3.27. The second kappa shape index (κ2) is 5.41. The van der Waals surface area contributed by atoms with Gasteiger partial charge in [0.2, 0.25) is 0 Å². The summed E-state index contributed by atoms with van der Waals surface area (Å²) >= 11 is 0. The molecule has 0 bridgehead atoms. The van der Waals surface area contributed by atoms with E-state index in [1.54, 1.807) is 0 Å². The van der Waals surface area contributed by atoms with E-state index < -0.39 is 15.8 Å². The second-order valence-corrected chi connectivity index (χ2v) is 6.41. The van der Waals surface area contributed by atoms with Crippen LogP contribution in [0.15, 0.2) is 41.4 Å². The van der Waals surface area contributed by atoms with E-state index >= 15 is 0 Å². The SMILES string of the molecule is CS(=O)(=O)c1ccc(Nc2ncc(N)cc2C(=O)O)cc1. The van der Waals surface area contributed by atoms with Crippen molar-refractivity contribution in [3.05, 3.63) is 42.1 Å². The van der Waals surface area contributed by atoms with Crippen LogP contribution in [0.4, 0.5) is 17.2 Å². The van der Waals surface area contributed by atoms with Gasteiger partial charge in [-0.1, -0.05) is 0 Å². The van der Waals surface area contributed by atoms with Crippen molar-refractivity contribution in [2.45, 2.75) is 4.90 Å². The van der Waals surface area contributed by atoms with Crippen LogP contribution in [0.1, 0.15) is 10.4 Å². The highest BCUT2D eigenvalue weighted by Crippen LogP contribution is 2.21. The maximum absolute atomic E-state index is 11.4. The first-order valence-corrected chi connectivity index (χ1v) is 7.72. The molecule has 1 aromatic carbocycles. The topological polar surface area (TPSA) is 122 Å². The van der Waals surface area contributed by atoms with E-state index in [9.17, 15) is 13.2 Å². The number of nitrogen functional groups attached to an aromatic ring is 1. The molecular formula is C13H13N3O4S. The van der Waals surface area contributed by atoms with Crippen molar-refractivity contribution < 1.29 is 18.3 Å². The van der Waals surface area contributed by atoms with E-state index in [2.05, 4.69) is 10.3 Å². The molecule has 110 valence electrons. The highest BCUT2D eigenvalue weighted by Gasteiger charge is 2.13. The normalized spacial score (nSPS) is 11.1. The fraction of sp³-hybridized carbons (Fsp3) is 0.0769. The maximum atomic E-state index is 11.4. The smallest absolute Gasteiger partial charge is 0.339 e. The number of carbonyl (C=O) groups is 1. The van der Waals surface area contributed by atoms with Gasteiger partial charge < -0.3 is 16.2 Å². The standard InChI is InChI=1S/C13H13N3O4S/c1-21(19,20)10-4-2-9(3-5-10)16-12-11(13(17)18)6-8(14)7-15-12/h2-7H,14H2,1H3,(H,15,16)(H,17,18). The third-order valence-electron chi connectivity index (χ3n) is 2.68. The number of pyridine rings is 1. The average Bonchev–Trinajstić information content (AvgIpc) is 2.40. The number of nitrogens with one attached hydrogen (secondary N) is 1. The Balaban J connectivity index is 2.33. The van der Waals surface area contributed by atoms with Gasteiger partial charge in [0.05, 0.1) is 16.8 Å². The van der Waals surface area contributed by atoms with E-state index in [1.807, 2.05) is 0 Å². The number of carboxylic acid groups (broad SMARTS) is 1. The van der Waals surface area contributed by atoms with Crippen molar-refractivity contribution >= 4 is 33.0 Å². The zero-order valence-electron chi connectivity index (χ0n) is 11.1. The summed E-state index contributed by atoms with van der Waals surface area (Å²) in [5.74, 6) is -1.03. The quantitative estimate of drug-likeness (QED) is 0.782. The molecule has 2 aromatic rings. The van der Waals surface area contributed by atoms with E-state index in [1.165, 1.54) is 36.5 Å². The van der Waals surface area contributed by atoms with Gasteiger partial charge >= 0.3 is 5.97 Å². The molecule has 7 nitrogen and oxygen atoms in total. The average molecular weight is 307 g/mol. The van der Waals surface area contributed by atoms with Gasteiger partial charge in [-0.15, -0.1) is 0 Å². The summed E-state index contributed by atoms with van der Waals surface area (Å²) in [7, 11) is -3.27. The number of benzene rings is 1. The third-order valence-corrected chi connectivity index (χ3v) is 3.81. The van der Waals surface area contributed by atoms with Gasteiger partial charge in [0.25, 0.3) is 0 Å². The molecule has 1 aromatic heterocycles. The molecule has 0 radical (unpaired) electrons. The summed E-state index contributed by atoms with van der Waals surface area (Å²) in [5, 5.41) is 11.9. The molecule has 0 fully saturated rings. The van der Waals surface area contributed by atoms with Gasteiger partial charge in [-0.2, -0.15) is 0 Å². The van der Waals surface area contributed by atoms with E-state index in [0.717, 1.165) is 6.26 Å². The Bertz CT molecular complexity index is 786. The van der Waals surface area contributed by atoms with E-state index in [0.29, 0.717) is 5.69 Å². The Labute approximate surface area is 121 Å². The number of aromatic nitrogens is 1. The first-order chi connectivity index (χ1) is 9.77. The number of sulfone groups is 1. The molecule has 0 saturated carbocycles. The molecule has 0 saturated heterocycles. The summed E-state index contributed by atoms with van der Waals surface area (Å²) in [6.07, 6.45) is 2.44. The number of hydrogen-bond donors (Lipinski definition) is 3. The van der Waals surface area contributed by atoms with Crippen LogP contribution in [0.3, 0.4) is 0 Å². The molecule has 0 spiro atoms. The summed E-state index contributed by atoms with van der Waals surface area (Å²) in [6.45, 7) is 0. The van der Waals surface area contributed by atoms with Crippen LogP contribution in [0, 0.1) is 0 Å². The number of nitrogens with zero attached hydrogens (tertiary/aromatic N) is 1. The fourth-order valence-corrected chi connectivity index (χ4v) is 2.30. The van der Waals surface area contributed by atoms with Crippen molar-refractivity contribution in [1.29, 1.82) is 0 Å². The predicted octanol–water partition coefficient (Wildman–Crippen LogP) is 1.51. The molecule has 1 heterocycles. The minimum absolute atomic E-state index is 0.0674. The molecule has 0 amide bonds. The van der Waals surface area contributed by atoms with Crippen LogP contribution in [0.2, 0.25) is 0 Å². The lowest BCUT2D eigenvalue weighted by Gasteiger charge is -2.09. The van der Waals surface area contributed by atoms with Crippen LogP contribution < -0.4 is 11.1 Å². The summed E-state index contributed by atoms with van der Waals surface area (Å²) in [5.41, 5.74) is 6.20. The van der Waals surface area contributed by atoms with Crippen molar-refractivity contribution in [2.75, 3.05) is 17.3 Å². The third kappa shape index (κ3) is 3.48. The van der Waals surface area contributed by atoms with E-state index in [-0.39, 0.29) is 22.0 Å². The lowest BCUT2D eigenvalue weighted by molar-refractivity contribution is 0.0697. The number of rotatable bonds is 4. The van der Waals surface area contributed by atoms with Gasteiger partial charge in [-0.3, -0.25) is 0 Å². The van der Waals surface area contributed by atoms with Crippen LogP contribution in [0.25, 0.3) is 0 Å². The zero-order valence-corrected chi connectivity index (χ0v) is 11.9. The molecule has 8 heteroatoms. The Kier molecular flexibility index (Phi) is 3.81. The Morgan fingerprint density at radius 2 is 1.90 bits per heavy atom. The molecule has 0 aliphatic carbocycles. The molecule has 0 atom stereocenters. The Morgan fingerprint density at radius 1 is 1.29 bits per heavy atom. The van der Waals surface area contributed by atoms with Gasteiger partial charge in [0, 0.05) is 11.9 Å². The first kappa shape index (κ1) is 14.8. The largest absolute Gasteiger partial charge is 0.478 e. The number of nitrogens with two attached hydrogens (primary N) is 1. The summed E-state index contributed by atoms with van der Waals surface area (Å²) in [6, 6.07) is 7.20. The molecule has 0 aliphatic rings. The number of anilines is 3. The van der Waals surface area contributed by atoms with Gasteiger partial charge in [-0.25, -0.2) is 18.2 Å². The van der Waals surface area contributed by atoms with Gasteiger partial charge in [0.15, 0.2) is 9.84 Å². The predicted molar refractivity (Wildman–Crippen MR) is 78.4 cm³/mol. The highest BCUT2D eigenvalue weighted by atomic mass is 32.2. The van der Waals surface area contributed by atoms with Crippen LogP contribution in [-0.2, 0) is 9.84 Å². The Hall–Kier alpha value is -2.61. The van der Waals surface area contributed by atoms with Gasteiger partial charge in [0.1, 0.15) is 11.4 Å². The molecule has 4 N–H and O–H groups in total. The minimum Gasteiger partial charge on any atom is -0.478 e. The molecular weight excluding hydrogens is 294 g/mol. The highest BCUT2D eigenvalue weighted by molar-refractivity contribution is 7.90. The van der Waals surface area contributed by atoms with Crippen molar-refractivity contribution in [1.82, 2.24) is 4.98 Å². The summed E-state index contributed by atoms with van der Waals surface area (Å²) in [4.78, 5) is 15.2. The van der Waals surface area contributed by atoms with Crippen LogP contribution in [0.5, 0.6) is 0 Å². The van der Waals surface area contributed by atoms with Crippen LogP contribution >= 0.6 is 0 Å². The van der Waals surface area contributed by atoms with Crippen molar-refractivity contribution in [3.63, 3.8) is 0 Å². The summed E-state index contributed by atoms with van der Waals surface area (Å²) < 4.78 is 22.7. The van der Waals surface area contributed by atoms with Crippen LogP contribution in [-0.4, -0.2) is 30.7 Å². The lowest BCUT2D eigenvalue weighted by Crippen LogP contribution is -2.06. The van der Waals surface area contributed by atoms with E-state index in [4.69, 9.17) is 10.8 Å². The van der Waals surface area contributed by atoms with Crippen molar-refractivity contribution in [3.8, 4) is 0 Å². The van der Waals surface area contributed by atoms with Gasteiger partial charge in [-0.05, 0) is 30.3 Å². The maximum Gasteiger partial charge on any atom is 0.339 e. The molecule has 2 rings (SSSR count). The molecule has 21 heavy (non-hydrogen) atoms. The number of hydrogen-bond acceptors (Lipinski definition) is 6. The Morgan fingerprint density at radius 3 is 2.43 bits per heavy atom. The molecule has 0 aliphatic heterocycles. The monoisotopic (exact) mass is 307 g/mol. The zero-order chi connectivity index (χ0) is 15.6.